The van der Waals surface area contributed by atoms with Crippen LogP contribution in [0.25, 0.3) is 0 Å². The third-order valence-electron chi connectivity index (χ3n) is 5.32. The van der Waals surface area contributed by atoms with Gasteiger partial charge in [0, 0.05) is 13.0 Å². The van der Waals surface area contributed by atoms with E-state index in [1.807, 2.05) is 12.1 Å². The van der Waals surface area contributed by atoms with Crippen LogP contribution in [0, 0.1) is 11.7 Å². The lowest BCUT2D eigenvalue weighted by molar-refractivity contribution is -0.121. The summed E-state index contributed by atoms with van der Waals surface area (Å²) in [5, 5.41) is 2.99. The number of amides is 1. The molecule has 1 atom stereocenters. The molecule has 1 heterocycles. The maximum absolute atomic E-state index is 12.9. The average Bonchev–Trinajstić information content (AvgIpc) is 3.58. The number of hydrogen-bond donors (Lipinski definition) is 1. The van der Waals surface area contributed by atoms with Crippen molar-refractivity contribution in [2.75, 3.05) is 26.4 Å². The highest BCUT2D eigenvalue weighted by molar-refractivity contribution is 5.77. The van der Waals surface area contributed by atoms with E-state index in [-0.39, 0.29) is 17.6 Å². The Bertz CT molecular complexity index is 835. The smallest absolute Gasteiger partial charge is 0.220 e. The molecule has 29 heavy (non-hydrogen) atoms. The van der Waals surface area contributed by atoms with E-state index in [1.54, 1.807) is 12.1 Å². The normalized spacial score (nSPS) is 16.2. The predicted molar refractivity (Wildman–Crippen MR) is 107 cm³/mol. The van der Waals surface area contributed by atoms with Crippen LogP contribution in [-0.2, 0) is 4.79 Å². The molecule has 1 amide bonds. The van der Waals surface area contributed by atoms with Crippen molar-refractivity contribution in [2.45, 2.75) is 31.6 Å². The topological polar surface area (TPSA) is 56.8 Å². The molecule has 2 aromatic carbocycles. The molecule has 0 radical (unpaired) electrons. The van der Waals surface area contributed by atoms with Crippen LogP contribution in [0.3, 0.4) is 0 Å². The van der Waals surface area contributed by atoms with Crippen molar-refractivity contribution in [3.05, 3.63) is 53.8 Å². The van der Waals surface area contributed by atoms with Crippen LogP contribution >= 0.6 is 0 Å². The largest absolute Gasteiger partial charge is 0.494 e. The van der Waals surface area contributed by atoms with Crippen LogP contribution in [-0.4, -0.2) is 32.3 Å². The number of halogens is 1. The van der Waals surface area contributed by atoms with Crippen molar-refractivity contribution in [3.8, 4) is 17.2 Å². The highest BCUT2D eigenvalue weighted by Gasteiger charge is 2.34. The van der Waals surface area contributed by atoms with Gasteiger partial charge in [-0.25, -0.2) is 4.39 Å². The Balaban J connectivity index is 1.23. The van der Waals surface area contributed by atoms with Crippen molar-refractivity contribution >= 4 is 5.91 Å². The molecule has 1 N–H and O–H groups in total. The van der Waals surface area contributed by atoms with E-state index in [2.05, 4.69) is 11.4 Å². The third-order valence-corrected chi connectivity index (χ3v) is 5.32. The minimum Gasteiger partial charge on any atom is -0.494 e. The molecule has 1 aliphatic carbocycles. The molecule has 1 saturated carbocycles. The zero-order valence-corrected chi connectivity index (χ0v) is 16.4. The molecule has 0 bridgehead atoms. The molecular weight excluding hydrogens is 373 g/mol. The van der Waals surface area contributed by atoms with Gasteiger partial charge in [-0.2, -0.15) is 0 Å². The zero-order chi connectivity index (χ0) is 20.1. The summed E-state index contributed by atoms with van der Waals surface area (Å²) >= 11 is 0. The quantitative estimate of drug-likeness (QED) is 0.646. The number of ether oxygens (including phenoxy) is 3. The number of carbonyl (C=O) groups excluding carboxylic acids is 1. The summed E-state index contributed by atoms with van der Waals surface area (Å²) in [6, 6.07) is 12.0. The van der Waals surface area contributed by atoms with Gasteiger partial charge in [0.1, 0.15) is 24.8 Å². The Labute approximate surface area is 170 Å². The Morgan fingerprint density at radius 1 is 1.10 bits per heavy atom. The summed E-state index contributed by atoms with van der Waals surface area (Å²) in [6.07, 6.45) is 3.50. The second kappa shape index (κ2) is 9.16. The molecule has 0 spiro atoms. The highest BCUT2D eigenvalue weighted by Crippen LogP contribution is 2.46. The average molecular weight is 399 g/mol. The molecule has 1 unspecified atom stereocenters. The molecule has 1 aliphatic heterocycles. The van der Waals surface area contributed by atoms with Crippen molar-refractivity contribution < 1.29 is 23.4 Å². The maximum atomic E-state index is 12.9. The number of fused-ring (bicyclic) bond motifs is 1. The lowest BCUT2D eigenvalue weighted by atomic mass is 9.90. The fraction of sp³-hybridized carbons (Fsp3) is 0.435. The van der Waals surface area contributed by atoms with Gasteiger partial charge in [0.25, 0.3) is 0 Å². The molecule has 1 fully saturated rings. The van der Waals surface area contributed by atoms with Gasteiger partial charge in [0.15, 0.2) is 11.5 Å². The molecule has 4 rings (SSSR count). The molecule has 0 saturated heterocycles. The van der Waals surface area contributed by atoms with Gasteiger partial charge in [-0.15, -0.1) is 0 Å². The Kier molecular flexibility index (Phi) is 6.17. The van der Waals surface area contributed by atoms with Gasteiger partial charge in [-0.05, 0) is 73.1 Å². The molecule has 2 aromatic rings. The summed E-state index contributed by atoms with van der Waals surface area (Å²) < 4.78 is 29.7. The van der Waals surface area contributed by atoms with Crippen LogP contribution in [0.5, 0.6) is 17.2 Å². The van der Waals surface area contributed by atoms with Crippen molar-refractivity contribution in [1.82, 2.24) is 5.32 Å². The zero-order valence-electron chi connectivity index (χ0n) is 16.4. The van der Waals surface area contributed by atoms with Gasteiger partial charge in [-0.1, -0.05) is 6.07 Å². The van der Waals surface area contributed by atoms with Crippen LogP contribution in [0.1, 0.15) is 37.2 Å². The minimum atomic E-state index is -0.284. The molecule has 0 aromatic heterocycles. The minimum absolute atomic E-state index is 0.0542. The summed E-state index contributed by atoms with van der Waals surface area (Å²) in [7, 11) is 0. The number of rotatable bonds is 9. The van der Waals surface area contributed by atoms with Crippen molar-refractivity contribution in [3.63, 3.8) is 0 Å². The first-order chi connectivity index (χ1) is 14.2. The van der Waals surface area contributed by atoms with E-state index >= 15 is 0 Å². The van der Waals surface area contributed by atoms with Crippen LogP contribution < -0.4 is 19.5 Å². The number of hydrogen-bond acceptors (Lipinski definition) is 4. The molecular formula is C23H26FNO4. The monoisotopic (exact) mass is 399 g/mol. The summed E-state index contributed by atoms with van der Waals surface area (Å²) in [5.74, 6) is 2.72. The molecule has 6 heteroatoms. The van der Waals surface area contributed by atoms with E-state index in [4.69, 9.17) is 14.2 Å². The second-order valence-corrected chi connectivity index (χ2v) is 7.56. The van der Waals surface area contributed by atoms with Crippen molar-refractivity contribution in [1.29, 1.82) is 0 Å². The molecule has 2 aliphatic rings. The van der Waals surface area contributed by atoms with E-state index in [1.165, 1.54) is 12.1 Å². The lowest BCUT2D eigenvalue weighted by Crippen LogP contribution is -2.27. The first-order valence-corrected chi connectivity index (χ1v) is 10.2. The van der Waals surface area contributed by atoms with Crippen LogP contribution in [0.15, 0.2) is 42.5 Å². The van der Waals surface area contributed by atoms with Crippen molar-refractivity contribution in [2.24, 2.45) is 5.92 Å². The summed E-state index contributed by atoms with van der Waals surface area (Å²) in [4.78, 5) is 12.5. The number of nitrogens with one attached hydrogen (secondary N) is 1. The molecule has 154 valence electrons. The SMILES string of the molecule is O=C(CC(c1ccc2c(c1)OCCO2)C1CC1)NCCCOc1ccc(F)cc1. The Hall–Kier alpha value is -2.76. The van der Waals surface area contributed by atoms with Gasteiger partial charge in [0.2, 0.25) is 5.91 Å². The third kappa shape index (κ3) is 5.40. The Morgan fingerprint density at radius 3 is 2.62 bits per heavy atom. The first-order valence-electron chi connectivity index (χ1n) is 10.2. The summed E-state index contributed by atoms with van der Waals surface area (Å²) in [5.41, 5.74) is 1.14. The fourth-order valence-corrected chi connectivity index (χ4v) is 3.64. The Morgan fingerprint density at radius 2 is 1.86 bits per heavy atom. The van der Waals surface area contributed by atoms with E-state index in [0.29, 0.717) is 50.9 Å². The van der Waals surface area contributed by atoms with E-state index in [0.717, 1.165) is 29.9 Å². The maximum Gasteiger partial charge on any atom is 0.220 e. The van der Waals surface area contributed by atoms with Gasteiger partial charge in [0.05, 0.1) is 6.61 Å². The molecule has 5 nitrogen and oxygen atoms in total. The highest BCUT2D eigenvalue weighted by atomic mass is 19.1. The van der Waals surface area contributed by atoms with E-state index in [9.17, 15) is 9.18 Å². The summed E-state index contributed by atoms with van der Waals surface area (Å²) in [6.45, 7) is 2.16. The van der Waals surface area contributed by atoms with Gasteiger partial charge >= 0.3 is 0 Å². The van der Waals surface area contributed by atoms with Crippen LogP contribution in [0.2, 0.25) is 0 Å². The number of benzene rings is 2. The predicted octanol–water partition coefficient (Wildman–Crippen LogP) is 4.07. The standard InChI is InChI=1S/C23H26FNO4/c24-18-5-7-19(8-6-18)27-11-1-10-25-23(26)15-20(16-2-3-16)17-4-9-21-22(14-17)29-13-12-28-21/h4-9,14,16,20H,1-3,10-13,15H2,(H,25,26). The van der Waals surface area contributed by atoms with Gasteiger partial charge < -0.3 is 19.5 Å². The lowest BCUT2D eigenvalue weighted by Gasteiger charge is -2.22. The van der Waals surface area contributed by atoms with Gasteiger partial charge in [-0.3, -0.25) is 4.79 Å². The van der Waals surface area contributed by atoms with E-state index < -0.39 is 0 Å². The number of carbonyl (C=O) groups is 1. The first kappa shape index (κ1) is 19.6. The van der Waals surface area contributed by atoms with Crippen LogP contribution in [0.4, 0.5) is 4.39 Å². The second-order valence-electron chi connectivity index (χ2n) is 7.56. The fourth-order valence-electron chi connectivity index (χ4n) is 3.64.